The maximum atomic E-state index is 11.7. The number of rotatable bonds is 6. The van der Waals surface area contributed by atoms with Crippen molar-refractivity contribution in [1.82, 2.24) is 5.32 Å². The van der Waals surface area contributed by atoms with Crippen LogP contribution >= 0.6 is 11.6 Å². The summed E-state index contributed by atoms with van der Waals surface area (Å²) in [6.45, 7) is 7.81. The summed E-state index contributed by atoms with van der Waals surface area (Å²) in [7, 11) is 0. The molecule has 1 rings (SSSR count). The zero-order valence-corrected chi connectivity index (χ0v) is 12.0. The Kier molecular flexibility index (Phi) is 6.16. The van der Waals surface area contributed by atoms with Crippen LogP contribution in [-0.2, 0) is 4.79 Å². The molecule has 4 heteroatoms. The average molecular weight is 269 g/mol. The SMILES string of the molecule is Cc1c(Cl)cccc1NC(=O)CCNCC(C)C. The first-order chi connectivity index (χ1) is 8.50. The summed E-state index contributed by atoms with van der Waals surface area (Å²) in [5, 5.41) is 6.79. The van der Waals surface area contributed by atoms with E-state index in [-0.39, 0.29) is 5.91 Å². The van der Waals surface area contributed by atoms with Gasteiger partial charge in [-0.05, 0) is 37.1 Å². The van der Waals surface area contributed by atoms with Crippen LogP contribution in [0.1, 0.15) is 25.8 Å². The highest BCUT2D eigenvalue weighted by atomic mass is 35.5. The van der Waals surface area contributed by atoms with E-state index in [4.69, 9.17) is 11.6 Å². The predicted octanol–water partition coefficient (Wildman–Crippen LogP) is 3.22. The number of carbonyl (C=O) groups is 1. The Bertz CT molecular complexity index is 405. The van der Waals surface area contributed by atoms with E-state index in [2.05, 4.69) is 24.5 Å². The Morgan fingerprint density at radius 1 is 1.39 bits per heavy atom. The van der Waals surface area contributed by atoms with Crippen molar-refractivity contribution < 1.29 is 4.79 Å². The van der Waals surface area contributed by atoms with Crippen molar-refractivity contribution in [3.8, 4) is 0 Å². The highest BCUT2D eigenvalue weighted by Crippen LogP contribution is 2.22. The predicted molar refractivity (Wildman–Crippen MR) is 77.1 cm³/mol. The first-order valence-corrected chi connectivity index (χ1v) is 6.64. The molecule has 2 N–H and O–H groups in total. The first kappa shape index (κ1) is 15.0. The van der Waals surface area contributed by atoms with E-state index in [1.165, 1.54) is 0 Å². The lowest BCUT2D eigenvalue weighted by Crippen LogP contribution is -2.25. The number of benzene rings is 1. The summed E-state index contributed by atoms with van der Waals surface area (Å²) in [4.78, 5) is 11.7. The Morgan fingerprint density at radius 3 is 2.78 bits per heavy atom. The van der Waals surface area contributed by atoms with Gasteiger partial charge in [0.15, 0.2) is 0 Å². The molecule has 0 radical (unpaired) electrons. The second-order valence-corrected chi connectivity index (χ2v) is 5.22. The number of hydrogen-bond donors (Lipinski definition) is 2. The van der Waals surface area contributed by atoms with Gasteiger partial charge in [0.2, 0.25) is 5.91 Å². The number of carbonyl (C=O) groups excluding carboxylic acids is 1. The summed E-state index contributed by atoms with van der Waals surface area (Å²) in [6.07, 6.45) is 0.471. The largest absolute Gasteiger partial charge is 0.326 e. The van der Waals surface area contributed by atoms with Crippen molar-refractivity contribution in [2.75, 3.05) is 18.4 Å². The molecule has 0 aromatic heterocycles. The van der Waals surface area contributed by atoms with E-state index < -0.39 is 0 Å². The number of halogens is 1. The molecule has 0 bridgehead atoms. The summed E-state index contributed by atoms with van der Waals surface area (Å²) in [6, 6.07) is 5.51. The third kappa shape index (κ3) is 5.07. The second-order valence-electron chi connectivity index (χ2n) is 4.81. The van der Waals surface area contributed by atoms with E-state index in [0.717, 1.165) is 17.8 Å². The molecule has 100 valence electrons. The van der Waals surface area contributed by atoms with Gasteiger partial charge >= 0.3 is 0 Å². The first-order valence-electron chi connectivity index (χ1n) is 6.26. The molecule has 3 nitrogen and oxygen atoms in total. The molecule has 0 heterocycles. The van der Waals surface area contributed by atoms with E-state index >= 15 is 0 Å². The average Bonchev–Trinajstić information content (AvgIpc) is 2.30. The maximum Gasteiger partial charge on any atom is 0.225 e. The molecule has 1 aromatic rings. The summed E-state index contributed by atoms with van der Waals surface area (Å²) in [5.41, 5.74) is 1.69. The van der Waals surface area contributed by atoms with Crippen molar-refractivity contribution in [3.63, 3.8) is 0 Å². The Balaban J connectivity index is 2.38. The molecule has 0 saturated carbocycles. The molecular weight excluding hydrogens is 248 g/mol. The van der Waals surface area contributed by atoms with Crippen LogP contribution in [0.2, 0.25) is 5.02 Å². The van der Waals surface area contributed by atoms with Crippen LogP contribution in [0.4, 0.5) is 5.69 Å². The Hall–Kier alpha value is -1.06. The molecule has 0 spiro atoms. The number of anilines is 1. The van der Waals surface area contributed by atoms with Crippen molar-refractivity contribution in [2.45, 2.75) is 27.2 Å². The minimum absolute atomic E-state index is 0.0108. The normalized spacial score (nSPS) is 10.7. The van der Waals surface area contributed by atoms with Gasteiger partial charge in [0, 0.05) is 23.7 Å². The van der Waals surface area contributed by atoms with E-state index in [1.54, 1.807) is 0 Å². The summed E-state index contributed by atoms with van der Waals surface area (Å²) in [5.74, 6) is 0.611. The molecular formula is C14H21ClN2O. The van der Waals surface area contributed by atoms with Gasteiger partial charge in [-0.25, -0.2) is 0 Å². The van der Waals surface area contributed by atoms with Crippen molar-refractivity contribution >= 4 is 23.2 Å². The quantitative estimate of drug-likeness (QED) is 0.778. The van der Waals surface area contributed by atoms with Gasteiger partial charge in [-0.1, -0.05) is 31.5 Å². The van der Waals surface area contributed by atoms with Crippen LogP contribution in [-0.4, -0.2) is 19.0 Å². The van der Waals surface area contributed by atoms with Crippen molar-refractivity contribution in [2.24, 2.45) is 5.92 Å². The molecule has 0 fully saturated rings. The molecule has 18 heavy (non-hydrogen) atoms. The zero-order chi connectivity index (χ0) is 13.5. The fourth-order valence-corrected chi connectivity index (χ4v) is 1.72. The molecule has 1 amide bonds. The van der Waals surface area contributed by atoms with E-state index in [9.17, 15) is 4.79 Å². The minimum atomic E-state index is 0.0108. The monoisotopic (exact) mass is 268 g/mol. The summed E-state index contributed by atoms with van der Waals surface area (Å²) >= 11 is 6.00. The lowest BCUT2D eigenvalue weighted by molar-refractivity contribution is -0.116. The number of nitrogens with one attached hydrogen (secondary N) is 2. The van der Waals surface area contributed by atoms with E-state index in [0.29, 0.717) is 23.9 Å². The highest BCUT2D eigenvalue weighted by Gasteiger charge is 2.06. The molecule has 0 unspecified atom stereocenters. The molecule has 0 aliphatic heterocycles. The molecule has 0 aliphatic rings. The van der Waals surface area contributed by atoms with Gasteiger partial charge < -0.3 is 10.6 Å². The van der Waals surface area contributed by atoms with Crippen LogP contribution in [0.5, 0.6) is 0 Å². The van der Waals surface area contributed by atoms with Crippen LogP contribution in [0.3, 0.4) is 0 Å². The van der Waals surface area contributed by atoms with E-state index in [1.807, 2.05) is 25.1 Å². The molecule has 0 aliphatic carbocycles. The minimum Gasteiger partial charge on any atom is -0.326 e. The van der Waals surface area contributed by atoms with Crippen LogP contribution < -0.4 is 10.6 Å². The lowest BCUT2D eigenvalue weighted by Gasteiger charge is -2.10. The Morgan fingerprint density at radius 2 is 2.11 bits per heavy atom. The second kappa shape index (κ2) is 7.39. The van der Waals surface area contributed by atoms with Gasteiger partial charge in [-0.15, -0.1) is 0 Å². The smallest absolute Gasteiger partial charge is 0.225 e. The highest BCUT2D eigenvalue weighted by molar-refractivity contribution is 6.31. The van der Waals surface area contributed by atoms with Crippen molar-refractivity contribution in [1.29, 1.82) is 0 Å². The third-order valence-corrected chi connectivity index (χ3v) is 3.03. The van der Waals surface area contributed by atoms with Crippen LogP contribution in [0.25, 0.3) is 0 Å². The number of amides is 1. The van der Waals surface area contributed by atoms with Crippen molar-refractivity contribution in [3.05, 3.63) is 28.8 Å². The van der Waals surface area contributed by atoms with Gasteiger partial charge in [0.1, 0.15) is 0 Å². The van der Waals surface area contributed by atoms with Gasteiger partial charge in [-0.2, -0.15) is 0 Å². The fraction of sp³-hybridized carbons (Fsp3) is 0.500. The lowest BCUT2D eigenvalue weighted by atomic mass is 10.2. The van der Waals surface area contributed by atoms with Crippen LogP contribution in [0.15, 0.2) is 18.2 Å². The number of hydrogen-bond acceptors (Lipinski definition) is 2. The zero-order valence-electron chi connectivity index (χ0n) is 11.2. The standard InChI is InChI=1S/C14H21ClN2O/c1-10(2)9-16-8-7-14(18)17-13-6-4-5-12(15)11(13)3/h4-6,10,16H,7-9H2,1-3H3,(H,17,18). The van der Waals surface area contributed by atoms with Gasteiger partial charge in [-0.3, -0.25) is 4.79 Å². The molecule has 1 aromatic carbocycles. The van der Waals surface area contributed by atoms with Crippen LogP contribution in [0, 0.1) is 12.8 Å². The molecule has 0 atom stereocenters. The molecule has 0 saturated heterocycles. The topological polar surface area (TPSA) is 41.1 Å². The Labute approximate surface area is 114 Å². The maximum absolute atomic E-state index is 11.7. The summed E-state index contributed by atoms with van der Waals surface area (Å²) < 4.78 is 0. The van der Waals surface area contributed by atoms with Gasteiger partial charge in [0.05, 0.1) is 0 Å². The third-order valence-electron chi connectivity index (χ3n) is 2.62. The fourth-order valence-electron chi connectivity index (χ4n) is 1.55. The van der Waals surface area contributed by atoms with Gasteiger partial charge in [0.25, 0.3) is 0 Å².